The largest absolute Gasteiger partial charge is 0.492 e. The summed E-state index contributed by atoms with van der Waals surface area (Å²) in [7, 11) is 3.99. The summed E-state index contributed by atoms with van der Waals surface area (Å²) in [6, 6.07) is 12.0. The molecular formula is C33H45ClN6O3. The van der Waals surface area contributed by atoms with E-state index in [0.717, 1.165) is 42.4 Å². The van der Waals surface area contributed by atoms with Gasteiger partial charge in [0.15, 0.2) is 0 Å². The average molecular weight is 609 g/mol. The Kier molecular flexibility index (Phi) is 10.6. The predicted octanol–water partition coefficient (Wildman–Crippen LogP) is 5.89. The van der Waals surface area contributed by atoms with Crippen molar-refractivity contribution in [2.45, 2.75) is 57.5 Å². The normalized spacial score (nSPS) is 23.1. The number of carbonyl (C=O) groups excluding carboxylic acids is 1. The van der Waals surface area contributed by atoms with Crippen LogP contribution in [0.5, 0.6) is 11.5 Å². The highest BCUT2D eigenvalue weighted by atomic mass is 35.5. The molecule has 2 aliphatic heterocycles. The highest BCUT2D eigenvalue weighted by Gasteiger charge is 2.38. The molecule has 0 radical (unpaired) electrons. The topological polar surface area (TPSA) is 111 Å². The van der Waals surface area contributed by atoms with E-state index in [4.69, 9.17) is 21.1 Å². The van der Waals surface area contributed by atoms with E-state index in [1.54, 1.807) is 0 Å². The maximum atomic E-state index is 12.8. The Labute approximate surface area is 260 Å². The second kappa shape index (κ2) is 14.5. The summed E-state index contributed by atoms with van der Waals surface area (Å²) in [6.07, 6.45) is 6.35. The zero-order valence-corrected chi connectivity index (χ0v) is 26.3. The van der Waals surface area contributed by atoms with E-state index in [2.05, 4.69) is 32.2 Å². The standard InChI is InChI=1S/C33H45ClN6O3/c1-4-42-31-17-27-25(16-28(31)39-32(41)8-6-14-40(2)3)33(22(18-35)19-37-27)38-23-11-12-30(26(34)15-23)43-20-29-24(21-9-10-21)7-5-13-36-29/h11-12,15-17,21-22,24,29,33,36-38H,4-10,13-14,19-20H2,1-3H3,(H,39,41). The molecule has 0 bridgehead atoms. The number of nitrogens with one attached hydrogen (secondary N) is 4. The van der Waals surface area contributed by atoms with Gasteiger partial charge in [-0.25, -0.2) is 0 Å². The van der Waals surface area contributed by atoms with Gasteiger partial charge in [-0.15, -0.1) is 0 Å². The number of fused-ring (bicyclic) bond motifs is 1. The van der Waals surface area contributed by atoms with Gasteiger partial charge in [0.2, 0.25) is 5.91 Å². The summed E-state index contributed by atoms with van der Waals surface area (Å²) >= 11 is 6.72. The molecule has 3 aliphatic rings. The second-order valence-electron chi connectivity index (χ2n) is 12.2. The number of rotatable bonds is 13. The first-order valence-electron chi connectivity index (χ1n) is 15.7. The van der Waals surface area contributed by atoms with E-state index in [0.29, 0.717) is 60.3 Å². The number of carbonyl (C=O) groups is 1. The second-order valence-corrected chi connectivity index (χ2v) is 12.6. The maximum Gasteiger partial charge on any atom is 0.224 e. The van der Waals surface area contributed by atoms with Gasteiger partial charge in [-0.2, -0.15) is 5.26 Å². The molecule has 2 aromatic rings. The van der Waals surface area contributed by atoms with Crippen molar-refractivity contribution in [3.63, 3.8) is 0 Å². The fraction of sp³-hybridized carbons (Fsp3) is 0.576. The summed E-state index contributed by atoms with van der Waals surface area (Å²) in [5, 5.41) is 24.2. The number of piperidine rings is 1. The van der Waals surface area contributed by atoms with E-state index in [1.807, 2.05) is 51.4 Å². The average Bonchev–Trinajstić information content (AvgIpc) is 3.83. The van der Waals surface area contributed by atoms with Gasteiger partial charge in [0, 0.05) is 42.0 Å². The van der Waals surface area contributed by atoms with Crippen LogP contribution in [-0.2, 0) is 4.79 Å². The highest BCUT2D eigenvalue weighted by molar-refractivity contribution is 6.32. The van der Waals surface area contributed by atoms with Gasteiger partial charge in [-0.05, 0) is 102 Å². The first-order valence-corrected chi connectivity index (χ1v) is 16.0. The summed E-state index contributed by atoms with van der Waals surface area (Å²) < 4.78 is 12.1. The third-order valence-corrected chi connectivity index (χ3v) is 8.98. The molecule has 1 aliphatic carbocycles. The Hall–Kier alpha value is -3.19. The van der Waals surface area contributed by atoms with Crippen LogP contribution in [0.4, 0.5) is 17.1 Å². The summed E-state index contributed by atoms with van der Waals surface area (Å²) in [5.74, 6) is 2.38. The van der Waals surface area contributed by atoms with Crippen molar-refractivity contribution < 1.29 is 14.3 Å². The molecule has 10 heteroatoms. The first kappa shape index (κ1) is 31.2. The smallest absolute Gasteiger partial charge is 0.224 e. The molecule has 9 nitrogen and oxygen atoms in total. The lowest BCUT2D eigenvalue weighted by Gasteiger charge is -2.33. The summed E-state index contributed by atoms with van der Waals surface area (Å²) in [4.78, 5) is 14.9. The number of amides is 1. The Morgan fingerprint density at radius 3 is 2.72 bits per heavy atom. The molecular weight excluding hydrogens is 564 g/mol. The van der Waals surface area contributed by atoms with E-state index in [9.17, 15) is 10.1 Å². The molecule has 43 heavy (non-hydrogen) atoms. The summed E-state index contributed by atoms with van der Waals surface area (Å²) in [6.45, 7) is 5.35. The lowest BCUT2D eigenvalue weighted by atomic mass is 9.87. The SMILES string of the molecule is CCOc1cc2c(cc1NC(=O)CCCN(C)C)C(Nc1ccc(OCC3NCCCC3C3CC3)c(Cl)c1)C(C#N)CN2. The van der Waals surface area contributed by atoms with Crippen LogP contribution in [0.15, 0.2) is 30.3 Å². The molecule has 5 rings (SSSR count). The zero-order chi connectivity index (χ0) is 30.3. The van der Waals surface area contributed by atoms with Crippen LogP contribution in [0.2, 0.25) is 5.02 Å². The lowest BCUT2D eigenvalue weighted by molar-refractivity contribution is -0.116. The predicted molar refractivity (Wildman–Crippen MR) is 172 cm³/mol. The van der Waals surface area contributed by atoms with Gasteiger partial charge < -0.3 is 35.6 Å². The van der Waals surface area contributed by atoms with Crippen LogP contribution in [0.25, 0.3) is 0 Å². The Morgan fingerprint density at radius 1 is 1.16 bits per heavy atom. The Morgan fingerprint density at radius 2 is 2.00 bits per heavy atom. The number of hydrogen-bond acceptors (Lipinski definition) is 8. The fourth-order valence-corrected chi connectivity index (χ4v) is 6.55. The third-order valence-electron chi connectivity index (χ3n) is 8.69. The fourth-order valence-electron chi connectivity index (χ4n) is 6.32. The molecule has 2 fully saturated rings. The van der Waals surface area contributed by atoms with Crippen molar-refractivity contribution in [1.82, 2.24) is 10.2 Å². The number of nitrogens with zero attached hydrogens (tertiary/aromatic N) is 2. The number of anilines is 3. The number of nitriles is 1. The lowest BCUT2D eigenvalue weighted by Crippen LogP contribution is -2.46. The van der Waals surface area contributed by atoms with E-state index in [1.165, 1.54) is 25.7 Å². The van der Waals surface area contributed by atoms with Crippen molar-refractivity contribution >= 4 is 34.6 Å². The summed E-state index contributed by atoms with van der Waals surface area (Å²) in [5.41, 5.74) is 3.15. The Balaban J connectivity index is 1.31. The number of benzene rings is 2. The van der Waals surface area contributed by atoms with Gasteiger partial charge in [0.05, 0.1) is 35.3 Å². The molecule has 1 saturated heterocycles. The maximum absolute atomic E-state index is 12.8. The van der Waals surface area contributed by atoms with Crippen molar-refractivity contribution in [2.24, 2.45) is 17.8 Å². The first-order chi connectivity index (χ1) is 20.9. The van der Waals surface area contributed by atoms with Gasteiger partial charge in [0.1, 0.15) is 18.1 Å². The molecule has 1 amide bonds. The molecule has 232 valence electrons. The van der Waals surface area contributed by atoms with Crippen LogP contribution in [0.3, 0.4) is 0 Å². The number of hydrogen-bond donors (Lipinski definition) is 4. The molecule has 4 unspecified atom stereocenters. The zero-order valence-electron chi connectivity index (χ0n) is 25.5. The minimum absolute atomic E-state index is 0.0675. The number of halogens is 1. The van der Waals surface area contributed by atoms with E-state index >= 15 is 0 Å². The van der Waals surface area contributed by atoms with Crippen LogP contribution in [-0.4, -0.2) is 63.8 Å². The molecule has 2 aromatic carbocycles. The monoisotopic (exact) mass is 608 g/mol. The quantitative estimate of drug-likeness (QED) is 0.223. The molecule has 0 aromatic heterocycles. The van der Waals surface area contributed by atoms with Crippen molar-refractivity contribution in [1.29, 1.82) is 5.26 Å². The molecule has 4 N–H and O–H groups in total. The molecule has 2 heterocycles. The van der Waals surface area contributed by atoms with Crippen LogP contribution in [0.1, 0.15) is 57.1 Å². The van der Waals surface area contributed by atoms with Gasteiger partial charge in [-0.3, -0.25) is 4.79 Å². The van der Waals surface area contributed by atoms with Crippen molar-refractivity contribution in [3.05, 3.63) is 40.9 Å². The van der Waals surface area contributed by atoms with Gasteiger partial charge >= 0.3 is 0 Å². The third kappa shape index (κ3) is 8.05. The van der Waals surface area contributed by atoms with E-state index < -0.39 is 0 Å². The molecule has 4 atom stereocenters. The molecule has 1 saturated carbocycles. The van der Waals surface area contributed by atoms with E-state index in [-0.39, 0.29) is 17.9 Å². The van der Waals surface area contributed by atoms with Crippen LogP contribution < -0.4 is 30.7 Å². The Bertz CT molecular complexity index is 1310. The van der Waals surface area contributed by atoms with Gasteiger partial charge in [-0.1, -0.05) is 11.6 Å². The van der Waals surface area contributed by atoms with Crippen LogP contribution >= 0.6 is 11.6 Å². The highest BCUT2D eigenvalue weighted by Crippen LogP contribution is 2.43. The number of ether oxygens (including phenoxy) is 2. The van der Waals surface area contributed by atoms with Crippen LogP contribution in [0, 0.1) is 29.1 Å². The van der Waals surface area contributed by atoms with Crippen molar-refractivity contribution in [2.75, 3.05) is 62.9 Å². The minimum atomic E-state index is -0.347. The minimum Gasteiger partial charge on any atom is -0.492 e. The van der Waals surface area contributed by atoms with Gasteiger partial charge in [0.25, 0.3) is 0 Å². The molecule has 0 spiro atoms. The van der Waals surface area contributed by atoms with Crippen molar-refractivity contribution in [3.8, 4) is 17.6 Å².